The number of phenols is 1. The summed E-state index contributed by atoms with van der Waals surface area (Å²) in [4.78, 5) is 0. The molecule has 5 heteroatoms. The molecule has 1 saturated heterocycles. The van der Waals surface area contributed by atoms with Gasteiger partial charge < -0.3 is 15.2 Å². The van der Waals surface area contributed by atoms with Crippen LogP contribution in [0.2, 0.25) is 0 Å². The maximum absolute atomic E-state index is 9.65. The highest BCUT2D eigenvalue weighted by Gasteiger charge is 2.18. The number of rotatable bonds is 3. The quantitative estimate of drug-likeness (QED) is 0.844. The van der Waals surface area contributed by atoms with Gasteiger partial charge in [0.15, 0.2) is 0 Å². The Morgan fingerprint density at radius 1 is 1.39 bits per heavy atom. The molecule has 2 N–H and O–H groups in total. The first-order valence-electron chi connectivity index (χ1n) is 6.08. The molecule has 1 aromatic carbocycles. The lowest BCUT2D eigenvalue weighted by Crippen LogP contribution is -2.37. The molecule has 0 bridgehead atoms. The summed E-state index contributed by atoms with van der Waals surface area (Å²) in [6.07, 6.45) is 2.46. The zero-order chi connectivity index (χ0) is 13.1. The van der Waals surface area contributed by atoms with E-state index in [-0.39, 0.29) is 5.75 Å². The van der Waals surface area contributed by atoms with E-state index in [0.29, 0.717) is 21.1 Å². The van der Waals surface area contributed by atoms with Crippen molar-refractivity contribution in [3.8, 4) is 5.75 Å². The average molecular weight is 379 g/mol. The van der Waals surface area contributed by atoms with Crippen LogP contribution in [-0.4, -0.2) is 23.9 Å². The van der Waals surface area contributed by atoms with E-state index in [9.17, 15) is 5.11 Å². The SMILES string of the molecule is CC1CC(NCc2cc(Br)c(O)c(Br)c2)CCO1. The lowest BCUT2D eigenvalue weighted by atomic mass is 10.0. The van der Waals surface area contributed by atoms with Gasteiger partial charge in [-0.1, -0.05) is 0 Å². The maximum Gasteiger partial charge on any atom is 0.143 e. The lowest BCUT2D eigenvalue weighted by molar-refractivity contribution is 0.0130. The number of hydrogen-bond acceptors (Lipinski definition) is 3. The van der Waals surface area contributed by atoms with E-state index in [0.717, 1.165) is 31.6 Å². The van der Waals surface area contributed by atoms with E-state index in [2.05, 4.69) is 44.1 Å². The molecule has 3 nitrogen and oxygen atoms in total. The van der Waals surface area contributed by atoms with Gasteiger partial charge in [-0.05, 0) is 69.3 Å². The lowest BCUT2D eigenvalue weighted by Gasteiger charge is -2.28. The molecule has 2 rings (SSSR count). The van der Waals surface area contributed by atoms with E-state index in [1.165, 1.54) is 0 Å². The molecule has 0 aromatic heterocycles. The fourth-order valence-corrected chi connectivity index (χ4v) is 3.45. The van der Waals surface area contributed by atoms with Gasteiger partial charge in [0.25, 0.3) is 0 Å². The van der Waals surface area contributed by atoms with Crippen molar-refractivity contribution in [3.63, 3.8) is 0 Å². The molecule has 100 valence electrons. The van der Waals surface area contributed by atoms with Crippen molar-refractivity contribution in [2.75, 3.05) is 6.61 Å². The van der Waals surface area contributed by atoms with E-state index in [1.807, 2.05) is 12.1 Å². The van der Waals surface area contributed by atoms with Gasteiger partial charge in [0, 0.05) is 19.2 Å². The van der Waals surface area contributed by atoms with Crippen LogP contribution in [0.3, 0.4) is 0 Å². The van der Waals surface area contributed by atoms with Crippen molar-refractivity contribution in [1.29, 1.82) is 0 Å². The first kappa shape index (κ1) is 14.3. The van der Waals surface area contributed by atoms with Crippen molar-refractivity contribution in [2.24, 2.45) is 0 Å². The van der Waals surface area contributed by atoms with Gasteiger partial charge >= 0.3 is 0 Å². The second-order valence-corrected chi connectivity index (χ2v) is 6.40. The summed E-state index contributed by atoms with van der Waals surface area (Å²) < 4.78 is 6.96. The molecular weight excluding hydrogens is 362 g/mol. The Labute approximate surface area is 124 Å². The highest BCUT2D eigenvalue weighted by Crippen LogP contribution is 2.33. The fraction of sp³-hybridized carbons (Fsp3) is 0.538. The zero-order valence-electron chi connectivity index (χ0n) is 10.2. The van der Waals surface area contributed by atoms with E-state index >= 15 is 0 Å². The van der Waals surface area contributed by atoms with Crippen LogP contribution in [0.5, 0.6) is 5.75 Å². The summed E-state index contributed by atoms with van der Waals surface area (Å²) >= 11 is 6.69. The zero-order valence-corrected chi connectivity index (χ0v) is 13.4. The second kappa shape index (κ2) is 6.37. The Balaban J connectivity index is 1.94. The molecule has 2 unspecified atom stereocenters. The van der Waals surface area contributed by atoms with Crippen molar-refractivity contribution in [2.45, 2.75) is 38.5 Å². The van der Waals surface area contributed by atoms with E-state index in [1.54, 1.807) is 0 Å². The first-order valence-corrected chi connectivity index (χ1v) is 7.66. The Bertz CT molecular complexity index is 402. The molecule has 0 saturated carbocycles. The standard InChI is InChI=1S/C13H17Br2NO2/c1-8-4-10(2-3-18-8)16-7-9-5-11(14)13(17)12(15)6-9/h5-6,8,10,16-17H,2-4,7H2,1H3. The molecule has 1 aromatic rings. The summed E-state index contributed by atoms with van der Waals surface area (Å²) in [5, 5.41) is 13.2. The molecule has 1 aliphatic rings. The van der Waals surface area contributed by atoms with Crippen LogP contribution in [0.25, 0.3) is 0 Å². The minimum atomic E-state index is 0.249. The van der Waals surface area contributed by atoms with E-state index < -0.39 is 0 Å². The smallest absolute Gasteiger partial charge is 0.143 e. The Morgan fingerprint density at radius 2 is 2.06 bits per heavy atom. The van der Waals surface area contributed by atoms with Crippen LogP contribution in [0.4, 0.5) is 0 Å². The van der Waals surface area contributed by atoms with Gasteiger partial charge in [-0.2, -0.15) is 0 Å². The van der Waals surface area contributed by atoms with E-state index in [4.69, 9.17) is 4.74 Å². The highest BCUT2D eigenvalue weighted by molar-refractivity contribution is 9.11. The van der Waals surface area contributed by atoms with Crippen LogP contribution < -0.4 is 5.32 Å². The first-order chi connectivity index (χ1) is 8.56. The number of halogens is 2. The summed E-state index contributed by atoms with van der Waals surface area (Å²) in [5.74, 6) is 0.249. The molecule has 2 atom stereocenters. The number of hydrogen-bond donors (Lipinski definition) is 2. The Morgan fingerprint density at radius 3 is 2.67 bits per heavy atom. The Kier molecular flexibility index (Phi) is 5.06. The molecule has 1 fully saturated rings. The third-order valence-electron chi connectivity index (χ3n) is 3.16. The fourth-order valence-electron chi connectivity index (χ4n) is 2.17. The number of ether oxygens (including phenoxy) is 1. The monoisotopic (exact) mass is 377 g/mol. The van der Waals surface area contributed by atoms with Crippen molar-refractivity contribution < 1.29 is 9.84 Å². The third-order valence-corrected chi connectivity index (χ3v) is 4.37. The molecule has 0 aliphatic carbocycles. The highest BCUT2D eigenvalue weighted by atomic mass is 79.9. The molecule has 0 radical (unpaired) electrons. The summed E-state index contributed by atoms with van der Waals surface area (Å²) in [5.41, 5.74) is 1.14. The normalized spacial score (nSPS) is 24.2. The summed E-state index contributed by atoms with van der Waals surface area (Å²) in [6.45, 7) is 3.75. The van der Waals surface area contributed by atoms with Gasteiger partial charge in [0.05, 0.1) is 15.0 Å². The largest absolute Gasteiger partial charge is 0.506 e. The molecule has 0 amide bonds. The Hall–Kier alpha value is -0.100. The molecular formula is C13H17Br2NO2. The van der Waals surface area contributed by atoms with Gasteiger partial charge in [-0.15, -0.1) is 0 Å². The number of phenolic OH excluding ortho intramolecular Hbond substituents is 1. The van der Waals surface area contributed by atoms with Crippen molar-refractivity contribution in [3.05, 3.63) is 26.6 Å². The number of nitrogens with one attached hydrogen (secondary N) is 1. The number of benzene rings is 1. The van der Waals surface area contributed by atoms with Gasteiger partial charge in [-0.3, -0.25) is 0 Å². The third kappa shape index (κ3) is 3.70. The maximum atomic E-state index is 9.65. The summed E-state index contributed by atoms with van der Waals surface area (Å²) in [6, 6.07) is 4.39. The van der Waals surface area contributed by atoms with Gasteiger partial charge in [0.1, 0.15) is 5.75 Å². The minimum absolute atomic E-state index is 0.249. The van der Waals surface area contributed by atoms with Crippen LogP contribution >= 0.6 is 31.9 Å². The van der Waals surface area contributed by atoms with Gasteiger partial charge in [-0.25, -0.2) is 0 Å². The van der Waals surface area contributed by atoms with Crippen molar-refractivity contribution >= 4 is 31.9 Å². The van der Waals surface area contributed by atoms with Crippen molar-refractivity contribution in [1.82, 2.24) is 5.32 Å². The van der Waals surface area contributed by atoms with Gasteiger partial charge in [0.2, 0.25) is 0 Å². The molecule has 1 aliphatic heterocycles. The molecule has 0 spiro atoms. The van der Waals surface area contributed by atoms with Crippen LogP contribution in [0.15, 0.2) is 21.1 Å². The number of aromatic hydroxyl groups is 1. The predicted octanol–water partition coefficient (Wildman–Crippen LogP) is 3.57. The van der Waals surface area contributed by atoms with Crippen LogP contribution in [0.1, 0.15) is 25.3 Å². The summed E-state index contributed by atoms with van der Waals surface area (Å²) in [7, 11) is 0. The van der Waals surface area contributed by atoms with Crippen LogP contribution in [-0.2, 0) is 11.3 Å². The van der Waals surface area contributed by atoms with Crippen LogP contribution in [0, 0.1) is 0 Å². The predicted molar refractivity (Wildman–Crippen MR) is 78.8 cm³/mol. The molecule has 1 heterocycles. The molecule has 18 heavy (non-hydrogen) atoms. The topological polar surface area (TPSA) is 41.5 Å². The average Bonchev–Trinajstić information content (AvgIpc) is 2.33. The second-order valence-electron chi connectivity index (χ2n) is 4.69. The minimum Gasteiger partial charge on any atom is -0.506 e.